The lowest BCUT2D eigenvalue weighted by atomic mass is 10.1. The Morgan fingerprint density at radius 2 is 2.05 bits per heavy atom. The molecule has 1 aliphatic rings. The molecule has 0 fully saturated rings. The van der Waals surface area contributed by atoms with Crippen molar-refractivity contribution < 1.29 is 9.47 Å². The number of aromatic nitrogens is 1. The number of thiazole rings is 1. The molecule has 0 saturated heterocycles. The Morgan fingerprint density at radius 1 is 1.29 bits per heavy atom. The minimum absolute atomic E-state index is 0.552. The van der Waals surface area contributed by atoms with Crippen LogP contribution in [0, 0.1) is 25.2 Å². The molecule has 0 radical (unpaired) electrons. The van der Waals surface area contributed by atoms with Gasteiger partial charge in [-0.2, -0.15) is 5.26 Å². The largest absolute Gasteiger partial charge is 0.486 e. The van der Waals surface area contributed by atoms with Crippen LogP contribution in [-0.4, -0.2) is 18.2 Å². The highest BCUT2D eigenvalue weighted by Gasteiger charge is 2.13. The molecule has 1 aromatic heterocycles. The summed E-state index contributed by atoms with van der Waals surface area (Å²) < 4.78 is 11.1. The van der Waals surface area contributed by atoms with Crippen molar-refractivity contribution in [2.24, 2.45) is 0 Å². The minimum Gasteiger partial charge on any atom is -0.486 e. The van der Waals surface area contributed by atoms with Crippen LogP contribution in [0.25, 0.3) is 11.6 Å². The SMILES string of the molecule is Cc1nc(/C(C#N)=C/c2ccc3c(c2)OCCO3)sc1C. The maximum Gasteiger partial charge on any atom is 0.161 e. The molecule has 4 nitrogen and oxygen atoms in total. The number of rotatable bonds is 2. The molecule has 2 heterocycles. The van der Waals surface area contributed by atoms with Crippen LogP contribution in [0.4, 0.5) is 0 Å². The van der Waals surface area contributed by atoms with E-state index in [4.69, 9.17) is 9.47 Å². The number of aryl methyl sites for hydroxylation is 2. The molecule has 0 atom stereocenters. The standard InChI is InChI=1S/C16H14N2O2S/c1-10-11(2)21-16(18-10)13(9-17)7-12-3-4-14-15(8-12)20-6-5-19-14/h3-4,7-8H,5-6H2,1-2H3/b13-7+. The van der Waals surface area contributed by atoms with Gasteiger partial charge in [0.05, 0.1) is 11.3 Å². The molecule has 0 spiro atoms. The first kappa shape index (κ1) is 13.7. The summed E-state index contributed by atoms with van der Waals surface area (Å²) in [6, 6.07) is 7.90. The fourth-order valence-electron chi connectivity index (χ4n) is 2.05. The second kappa shape index (κ2) is 5.58. The third-order valence-corrected chi connectivity index (χ3v) is 4.36. The van der Waals surface area contributed by atoms with Crippen LogP contribution in [0.15, 0.2) is 18.2 Å². The number of fused-ring (bicyclic) bond motifs is 1. The van der Waals surface area contributed by atoms with E-state index in [-0.39, 0.29) is 0 Å². The molecule has 0 N–H and O–H groups in total. The van der Waals surface area contributed by atoms with Crippen LogP contribution in [-0.2, 0) is 0 Å². The van der Waals surface area contributed by atoms with Crippen LogP contribution < -0.4 is 9.47 Å². The molecule has 1 aliphatic heterocycles. The Hall–Kier alpha value is -2.32. The smallest absolute Gasteiger partial charge is 0.161 e. The van der Waals surface area contributed by atoms with Crippen molar-refractivity contribution in [3.05, 3.63) is 39.3 Å². The third-order valence-electron chi connectivity index (χ3n) is 3.26. The molecule has 1 aromatic carbocycles. The third kappa shape index (κ3) is 2.76. The van der Waals surface area contributed by atoms with E-state index in [1.165, 1.54) is 11.3 Å². The first-order valence-electron chi connectivity index (χ1n) is 6.63. The lowest BCUT2D eigenvalue weighted by molar-refractivity contribution is 0.171. The number of benzene rings is 1. The van der Waals surface area contributed by atoms with Gasteiger partial charge in [-0.3, -0.25) is 0 Å². The number of allylic oxidation sites excluding steroid dienone is 1. The Balaban J connectivity index is 1.97. The topological polar surface area (TPSA) is 55.1 Å². The summed E-state index contributed by atoms with van der Waals surface area (Å²) >= 11 is 1.54. The van der Waals surface area contributed by atoms with Crippen molar-refractivity contribution in [2.75, 3.05) is 13.2 Å². The molecule has 0 unspecified atom stereocenters. The highest BCUT2D eigenvalue weighted by atomic mass is 32.1. The van der Waals surface area contributed by atoms with E-state index in [9.17, 15) is 5.26 Å². The van der Waals surface area contributed by atoms with Crippen LogP contribution in [0.3, 0.4) is 0 Å². The van der Waals surface area contributed by atoms with Gasteiger partial charge in [0, 0.05) is 4.88 Å². The molecular formula is C16H14N2O2S. The second-order valence-corrected chi connectivity index (χ2v) is 5.94. The monoisotopic (exact) mass is 298 g/mol. The molecule has 106 valence electrons. The molecule has 0 aliphatic carbocycles. The van der Waals surface area contributed by atoms with E-state index in [0.29, 0.717) is 18.8 Å². The van der Waals surface area contributed by atoms with E-state index in [2.05, 4.69) is 11.1 Å². The van der Waals surface area contributed by atoms with Gasteiger partial charge >= 0.3 is 0 Å². The fraction of sp³-hybridized carbons (Fsp3) is 0.250. The number of ether oxygens (including phenoxy) is 2. The summed E-state index contributed by atoms with van der Waals surface area (Å²) in [5.74, 6) is 1.47. The van der Waals surface area contributed by atoms with Crippen molar-refractivity contribution in [3.63, 3.8) is 0 Å². The van der Waals surface area contributed by atoms with Gasteiger partial charge in [-0.25, -0.2) is 4.98 Å². The van der Waals surface area contributed by atoms with Crippen LogP contribution in [0.5, 0.6) is 11.5 Å². The lowest BCUT2D eigenvalue weighted by Crippen LogP contribution is -2.15. The van der Waals surface area contributed by atoms with E-state index in [1.807, 2.05) is 38.1 Å². The second-order valence-electron chi connectivity index (χ2n) is 4.73. The van der Waals surface area contributed by atoms with Gasteiger partial charge in [-0.1, -0.05) is 6.07 Å². The minimum atomic E-state index is 0.552. The highest BCUT2D eigenvalue weighted by molar-refractivity contribution is 7.12. The summed E-state index contributed by atoms with van der Waals surface area (Å²) in [6.07, 6.45) is 1.83. The summed E-state index contributed by atoms with van der Waals surface area (Å²) in [5, 5.41) is 10.1. The van der Waals surface area contributed by atoms with Gasteiger partial charge in [0.1, 0.15) is 24.3 Å². The van der Waals surface area contributed by atoms with E-state index in [0.717, 1.165) is 32.6 Å². The van der Waals surface area contributed by atoms with E-state index < -0.39 is 0 Å². The Bertz CT molecular complexity index is 737. The quantitative estimate of drug-likeness (QED) is 0.795. The number of nitrogens with zero attached hydrogens (tertiary/aromatic N) is 2. The zero-order valence-corrected chi connectivity index (χ0v) is 12.7. The van der Waals surface area contributed by atoms with Crippen LogP contribution in [0.2, 0.25) is 0 Å². The van der Waals surface area contributed by atoms with Gasteiger partial charge in [-0.15, -0.1) is 11.3 Å². The predicted molar refractivity (Wildman–Crippen MR) is 82.5 cm³/mol. The van der Waals surface area contributed by atoms with E-state index >= 15 is 0 Å². The average Bonchev–Trinajstić information content (AvgIpc) is 2.84. The fourth-order valence-corrected chi connectivity index (χ4v) is 2.93. The van der Waals surface area contributed by atoms with E-state index in [1.54, 1.807) is 0 Å². The van der Waals surface area contributed by atoms with Crippen molar-refractivity contribution >= 4 is 23.0 Å². The Labute approximate surface area is 127 Å². The van der Waals surface area contributed by atoms with Gasteiger partial charge in [0.25, 0.3) is 0 Å². The first-order chi connectivity index (χ1) is 10.2. The lowest BCUT2D eigenvalue weighted by Gasteiger charge is -2.18. The molecule has 2 aromatic rings. The van der Waals surface area contributed by atoms with Crippen molar-refractivity contribution in [1.29, 1.82) is 5.26 Å². The zero-order chi connectivity index (χ0) is 14.8. The average molecular weight is 298 g/mol. The van der Waals surface area contributed by atoms with Gasteiger partial charge in [-0.05, 0) is 37.6 Å². The Morgan fingerprint density at radius 3 is 2.71 bits per heavy atom. The summed E-state index contributed by atoms with van der Waals surface area (Å²) in [4.78, 5) is 5.57. The molecule has 5 heteroatoms. The molecular weight excluding hydrogens is 284 g/mol. The molecule has 0 bridgehead atoms. The normalized spacial score (nSPS) is 13.9. The number of hydrogen-bond donors (Lipinski definition) is 0. The number of hydrogen-bond acceptors (Lipinski definition) is 5. The molecule has 0 amide bonds. The highest BCUT2D eigenvalue weighted by Crippen LogP contribution is 2.32. The van der Waals surface area contributed by atoms with Gasteiger partial charge in [0.15, 0.2) is 11.5 Å². The maximum absolute atomic E-state index is 9.37. The number of nitriles is 1. The van der Waals surface area contributed by atoms with Crippen molar-refractivity contribution in [2.45, 2.75) is 13.8 Å². The molecule has 3 rings (SSSR count). The summed E-state index contributed by atoms with van der Waals surface area (Å²) in [5.41, 5.74) is 2.44. The first-order valence-corrected chi connectivity index (χ1v) is 7.45. The molecule has 0 saturated carbocycles. The van der Waals surface area contributed by atoms with Crippen molar-refractivity contribution in [3.8, 4) is 17.6 Å². The van der Waals surface area contributed by atoms with Crippen LogP contribution in [0.1, 0.15) is 21.1 Å². The zero-order valence-electron chi connectivity index (χ0n) is 11.8. The van der Waals surface area contributed by atoms with Crippen LogP contribution >= 0.6 is 11.3 Å². The van der Waals surface area contributed by atoms with Crippen molar-refractivity contribution in [1.82, 2.24) is 4.98 Å². The summed E-state index contributed by atoms with van der Waals surface area (Å²) in [7, 11) is 0. The molecule has 21 heavy (non-hydrogen) atoms. The predicted octanol–water partition coefficient (Wildman–Crippen LogP) is 3.60. The van der Waals surface area contributed by atoms with Gasteiger partial charge in [0.2, 0.25) is 0 Å². The summed E-state index contributed by atoms with van der Waals surface area (Å²) in [6.45, 7) is 5.09. The Kier molecular flexibility index (Phi) is 3.63. The maximum atomic E-state index is 9.37. The van der Waals surface area contributed by atoms with Gasteiger partial charge < -0.3 is 9.47 Å².